The Bertz CT molecular complexity index is 960. The number of hydrogen-bond donors (Lipinski definition) is 1. The Balaban J connectivity index is 1.77. The molecule has 0 bridgehead atoms. The van der Waals surface area contributed by atoms with E-state index in [-0.39, 0.29) is 19.2 Å². The highest BCUT2D eigenvalue weighted by Crippen LogP contribution is 2.30. The molecule has 5 atom stereocenters. The highest BCUT2D eigenvalue weighted by Gasteiger charge is 2.48. The first-order chi connectivity index (χ1) is 19.3. The van der Waals surface area contributed by atoms with Crippen LogP contribution in [0.2, 0.25) is 0 Å². The van der Waals surface area contributed by atoms with Crippen molar-refractivity contribution in [3.8, 4) is 0 Å². The molecule has 3 rings (SSSR count). The zero-order chi connectivity index (χ0) is 28.8. The van der Waals surface area contributed by atoms with Gasteiger partial charge in [-0.25, -0.2) is 0 Å². The maximum absolute atomic E-state index is 12.6. The van der Waals surface area contributed by atoms with E-state index in [2.05, 4.69) is 6.92 Å². The zero-order valence-electron chi connectivity index (χ0n) is 24.6. The van der Waals surface area contributed by atoms with Crippen molar-refractivity contribution in [2.75, 3.05) is 13.2 Å². The molecule has 0 radical (unpaired) electrons. The first kappa shape index (κ1) is 32.2. The van der Waals surface area contributed by atoms with E-state index >= 15 is 0 Å². The number of hydrogen-bond acceptors (Lipinski definition) is 7. The maximum Gasteiger partial charge on any atom is 0.311 e. The van der Waals surface area contributed by atoms with E-state index in [0.717, 1.165) is 24.0 Å². The normalized spacial score (nSPS) is 23.2. The molecule has 1 aliphatic heterocycles. The summed E-state index contributed by atoms with van der Waals surface area (Å²) < 4.78 is 30.7. The maximum atomic E-state index is 12.6. The van der Waals surface area contributed by atoms with Gasteiger partial charge in [-0.2, -0.15) is 0 Å². The third-order valence-corrected chi connectivity index (χ3v) is 6.98. The lowest BCUT2D eigenvalue weighted by Gasteiger charge is -2.44. The lowest BCUT2D eigenvalue weighted by Crippen LogP contribution is -2.61. The van der Waals surface area contributed by atoms with Crippen LogP contribution >= 0.6 is 0 Å². The fraction of sp³-hybridized carbons (Fsp3) is 0.606. The second kappa shape index (κ2) is 16.8. The third-order valence-electron chi connectivity index (χ3n) is 6.98. The number of esters is 1. The molecule has 1 saturated heterocycles. The molecular formula is C33H48O7. The molecule has 40 heavy (non-hydrogen) atoms. The Kier molecular flexibility index (Phi) is 13.6. The van der Waals surface area contributed by atoms with Crippen LogP contribution in [-0.4, -0.2) is 55.0 Å². The van der Waals surface area contributed by atoms with E-state index in [0.29, 0.717) is 13.2 Å². The molecule has 1 N–H and O–H groups in total. The average Bonchev–Trinajstić information content (AvgIpc) is 2.95. The Hall–Kier alpha value is -2.29. The summed E-state index contributed by atoms with van der Waals surface area (Å²) in [5, 5.41) is 11.1. The predicted molar refractivity (Wildman–Crippen MR) is 154 cm³/mol. The van der Waals surface area contributed by atoms with Crippen LogP contribution in [0.4, 0.5) is 0 Å². The van der Waals surface area contributed by atoms with Crippen molar-refractivity contribution in [1.82, 2.24) is 0 Å². The largest absolute Gasteiger partial charge is 0.462 e. The second-order valence-corrected chi connectivity index (χ2v) is 11.5. The van der Waals surface area contributed by atoms with Crippen LogP contribution in [0.5, 0.6) is 0 Å². The number of carbonyl (C=O) groups excluding carboxylic acids is 1. The van der Waals surface area contributed by atoms with Gasteiger partial charge in [-0.15, -0.1) is 0 Å². The van der Waals surface area contributed by atoms with Crippen molar-refractivity contribution < 1.29 is 33.6 Å². The van der Waals surface area contributed by atoms with E-state index in [9.17, 15) is 9.90 Å². The molecule has 7 heteroatoms. The van der Waals surface area contributed by atoms with Crippen LogP contribution in [0, 0.1) is 5.41 Å². The van der Waals surface area contributed by atoms with Gasteiger partial charge < -0.3 is 28.8 Å². The Morgan fingerprint density at radius 2 is 1.32 bits per heavy atom. The van der Waals surface area contributed by atoms with E-state index in [1.165, 1.54) is 25.7 Å². The SMILES string of the molecule is CCCCCCCCO[C@@H]1[C@@H](OCc2ccccc2)[C@@H](O)O[C@H](COC(=O)C(C)(C)C)[C@@H]1OCc1ccccc1. The minimum atomic E-state index is -1.27. The van der Waals surface area contributed by atoms with Crippen molar-refractivity contribution in [2.45, 2.75) is 110 Å². The molecule has 0 spiro atoms. The molecule has 0 unspecified atom stereocenters. The molecule has 1 aliphatic rings. The zero-order valence-corrected chi connectivity index (χ0v) is 24.6. The van der Waals surface area contributed by atoms with Crippen molar-refractivity contribution in [1.29, 1.82) is 0 Å². The van der Waals surface area contributed by atoms with E-state index in [1.807, 2.05) is 60.7 Å². The van der Waals surface area contributed by atoms with Gasteiger partial charge >= 0.3 is 5.97 Å². The first-order valence-electron chi connectivity index (χ1n) is 14.7. The Morgan fingerprint density at radius 1 is 0.775 bits per heavy atom. The summed E-state index contributed by atoms with van der Waals surface area (Å²) in [6, 6.07) is 19.6. The molecule has 7 nitrogen and oxygen atoms in total. The number of unbranched alkanes of at least 4 members (excludes halogenated alkanes) is 5. The van der Waals surface area contributed by atoms with Crippen molar-refractivity contribution >= 4 is 5.97 Å². The van der Waals surface area contributed by atoms with Crippen molar-refractivity contribution in [3.63, 3.8) is 0 Å². The van der Waals surface area contributed by atoms with Gasteiger partial charge in [0.2, 0.25) is 0 Å². The molecule has 1 heterocycles. The number of carbonyl (C=O) groups is 1. The molecule has 2 aromatic rings. The summed E-state index contributed by atoms with van der Waals surface area (Å²) in [6.45, 7) is 8.66. The fourth-order valence-electron chi connectivity index (χ4n) is 4.61. The van der Waals surface area contributed by atoms with Crippen molar-refractivity contribution in [2.24, 2.45) is 5.41 Å². The van der Waals surface area contributed by atoms with Gasteiger partial charge in [0.05, 0.1) is 18.6 Å². The molecular weight excluding hydrogens is 508 g/mol. The monoisotopic (exact) mass is 556 g/mol. The number of aliphatic hydroxyl groups excluding tert-OH is 1. The van der Waals surface area contributed by atoms with Gasteiger partial charge in [-0.05, 0) is 38.3 Å². The predicted octanol–water partition coefficient (Wildman–Crippen LogP) is 6.21. The smallest absolute Gasteiger partial charge is 0.311 e. The van der Waals surface area contributed by atoms with E-state index < -0.39 is 36.1 Å². The third kappa shape index (κ3) is 10.6. The summed E-state index contributed by atoms with van der Waals surface area (Å²) in [6.07, 6.45) is 2.79. The van der Waals surface area contributed by atoms with Gasteiger partial charge in [0.25, 0.3) is 0 Å². The molecule has 0 saturated carbocycles. The minimum absolute atomic E-state index is 0.0606. The molecule has 0 aromatic heterocycles. The molecule has 0 aliphatic carbocycles. The van der Waals surface area contributed by atoms with Gasteiger partial charge in [-0.3, -0.25) is 4.79 Å². The highest BCUT2D eigenvalue weighted by molar-refractivity contribution is 5.75. The molecule has 0 amide bonds. The van der Waals surface area contributed by atoms with Gasteiger partial charge in [-0.1, -0.05) is 99.7 Å². The van der Waals surface area contributed by atoms with Crippen LogP contribution in [0.1, 0.15) is 77.3 Å². The topological polar surface area (TPSA) is 83.5 Å². The second-order valence-electron chi connectivity index (χ2n) is 11.5. The highest BCUT2D eigenvalue weighted by atomic mass is 16.7. The van der Waals surface area contributed by atoms with Crippen LogP contribution in [0.3, 0.4) is 0 Å². The minimum Gasteiger partial charge on any atom is -0.462 e. The average molecular weight is 557 g/mol. The number of rotatable bonds is 16. The fourth-order valence-corrected chi connectivity index (χ4v) is 4.61. The lowest BCUT2D eigenvalue weighted by molar-refractivity contribution is -0.314. The van der Waals surface area contributed by atoms with Gasteiger partial charge in [0.15, 0.2) is 6.29 Å². The number of benzene rings is 2. The number of aliphatic hydroxyl groups is 1. The van der Waals surface area contributed by atoms with Crippen LogP contribution in [0.15, 0.2) is 60.7 Å². The van der Waals surface area contributed by atoms with E-state index in [4.69, 9.17) is 23.7 Å². The Morgan fingerprint density at radius 3 is 1.90 bits per heavy atom. The Labute approximate surface area is 240 Å². The summed E-state index contributed by atoms with van der Waals surface area (Å²) >= 11 is 0. The van der Waals surface area contributed by atoms with Crippen LogP contribution in [0.25, 0.3) is 0 Å². The lowest BCUT2D eigenvalue weighted by atomic mass is 9.96. The summed E-state index contributed by atoms with van der Waals surface area (Å²) in [5.74, 6) is -0.348. The summed E-state index contributed by atoms with van der Waals surface area (Å²) in [5.41, 5.74) is 1.31. The number of ether oxygens (including phenoxy) is 5. The van der Waals surface area contributed by atoms with Gasteiger partial charge in [0, 0.05) is 6.61 Å². The quantitative estimate of drug-likeness (QED) is 0.194. The van der Waals surface area contributed by atoms with Crippen molar-refractivity contribution in [3.05, 3.63) is 71.8 Å². The molecule has 222 valence electrons. The van der Waals surface area contributed by atoms with Crippen LogP contribution in [-0.2, 0) is 41.7 Å². The molecule has 1 fully saturated rings. The van der Waals surface area contributed by atoms with E-state index in [1.54, 1.807) is 20.8 Å². The molecule has 2 aromatic carbocycles. The van der Waals surface area contributed by atoms with Crippen LogP contribution < -0.4 is 0 Å². The summed E-state index contributed by atoms with van der Waals surface area (Å²) in [7, 11) is 0. The summed E-state index contributed by atoms with van der Waals surface area (Å²) in [4.78, 5) is 12.6. The van der Waals surface area contributed by atoms with Gasteiger partial charge in [0.1, 0.15) is 31.0 Å². The first-order valence-corrected chi connectivity index (χ1v) is 14.7. The standard InChI is InChI=1S/C33H48O7/c1-5-6-7-8-9-16-21-36-29-28(37-22-25-17-12-10-13-18-25)27(24-39-32(35)33(2,3)4)40-31(34)30(29)38-23-26-19-14-11-15-20-26/h10-15,17-20,27-31,34H,5-9,16,21-24H2,1-4H3/t27-,28+,29+,30-,31+/m1/s1.